The largest absolute Gasteiger partial charge is 0.357 e. The van der Waals surface area contributed by atoms with Crippen molar-refractivity contribution in [2.24, 2.45) is 13.0 Å². The standard InChI is InChI=1S/C16H23N3O2/c1-17-8-5-13(12-17)11-15(20)18-6-2-7-19(10-9-18)16(21)14-3-4-14/h5,8,12,14H,2-4,6-7,9-11H2,1H3. The average Bonchev–Trinajstić information content (AvgIpc) is 3.26. The molecular formula is C16H23N3O2. The highest BCUT2D eigenvalue weighted by atomic mass is 16.2. The molecule has 0 radical (unpaired) electrons. The second kappa shape index (κ2) is 5.92. The zero-order valence-corrected chi connectivity index (χ0v) is 12.6. The summed E-state index contributed by atoms with van der Waals surface area (Å²) >= 11 is 0. The van der Waals surface area contributed by atoms with Gasteiger partial charge in [-0.2, -0.15) is 0 Å². The third-order valence-corrected chi connectivity index (χ3v) is 4.34. The summed E-state index contributed by atoms with van der Waals surface area (Å²) in [6, 6.07) is 1.98. The molecule has 5 nitrogen and oxygen atoms in total. The van der Waals surface area contributed by atoms with Crippen molar-refractivity contribution in [3.63, 3.8) is 0 Å². The maximum Gasteiger partial charge on any atom is 0.227 e. The van der Waals surface area contributed by atoms with E-state index in [-0.39, 0.29) is 11.8 Å². The highest BCUT2D eigenvalue weighted by Gasteiger charge is 2.34. The van der Waals surface area contributed by atoms with E-state index < -0.39 is 0 Å². The number of aryl methyl sites for hydroxylation is 1. The van der Waals surface area contributed by atoms with E-state index in [0.717, 1.165) is 37.9 Å². The monoisotopic (exact) mass is 289 g/mol. The molecule has 2 aliphatic rings. The number of amides is 2. The van der Waals surface area contributed by atoms with Crippen molar-refractivity contribution in [1.29, 1.82) is 0 Å². The minimum atomic E-state index is 0.168. The van der Waals surface area contributed by atoms with Gasteiger partial charge in [0.25, 0.3) is 0 Å². The summed E-state index contributed by atoms with van der Waals surface area (Å²) < 4.78 is 1.96. The van der Waals surface area contributed by atoms with Crippen molar-refractivity contribution in [2.75, 3.05) is 26.2 Å². The molecule has 1 aliphatic heterocycles. The first-order chi connectivity index (χ1) is 10.1. The van der Waals surface area contributed by atoms with Crippen LogP contribution in [0.3, 0.4) is 0 Å². The topological polar surface area (TPSA) is 45.6 Å². The van der Waals surface area contributed by atoms with Crippen molar-refractivity contribution in [2.45, 2.75) is 25.7 Å². The Bertz CT molecular complexity index is 533. The lowest BCUT2D eigenvalue weighted by atomic mass is 10.2. The first kappa shape index (κ1) is 14.2. The van der Waals surface area contributed by atoms with E-state index in [9.17, 15) is 9.59 Å². The van der Waals surface area contributed by atoms with Crippen LogP contribution in [0.25, 0.3) is 0 Å². The highest BCUT2D eigenvalue weighted by Crippen LogP contribution is 2.31. The molecule has 114 valence electrons. The molecule has 2 fully saturated rings. The Labute approximate surface area is 125 Å². The molecule has 1 aromatic heterocycles. The van der Waals surface area contributed by atoms with Crippen LogP contribution in [-0.4, -0.2) is 52.4 Å². The minimum Gasteiger partial charge on any atom is -0.357 e. The molecule has 2 amide bonds. The van der Waals surface area contributed by atoms with Crippen LogP contribution in [0.5, 0.6) is 0 Å². The van der Waals surface area contributed by atoms with Gasteiger partial charge in [0.2, 0.25) is 11.8 Å². The molecule has 0 unspecified atom stereocenters. The molecule has 3 rings (SSSR count). The Morgan fingerprint density at radius 2 is 1.86 bits per heavy atom. The molecule has 5 heteroatoms. The van der Waals surface area contributed by atoms with Gasteiger partial charge in [0.1, 0.15) is 0 Å². The van der Waals surface area contributed by atoms with E-state index in [4.69, 9.17) is 0 Å². The zero-order valence-electron chi connectivity index (χ0n) is 12.6. The Morgan fingerprint density at radius 1 is 1.14 bits per heavy atom. The van der Waals surface area contributed by atoms with Crippen molar-refractivity contribution in [3.05, 3.63) is 24.0 Å². The number of hydrogen-bond donors (Lipinski definition) is 0. The van der Waals surface area contributed by atoms with E-state index in [1.807, 2.05) is 39.9 Å². The molecule has 0 bridgehead atoms. The molecule has 0 atom stereocenters. The molecule has 1 saturated heterocycles. The zero-order chi connectivity index (χ0) is 14.8. The smallest absolute Gasteiger partial charge is 0.227 e. The van der Waals surface area contributed by atoms with Crippen LogP contribution in [0.1, 0.15) is 24.8 Å². The Balaban J connectivity index is 1.54. The molecular weight excluding hydrogens is 266 g/mol. The average molecular weight is 289 g/mol. The summed E-state index contributed by atoms with van der Waals surface area (Å²) in [5, 5.41) is 0. The van der Waals surface area contributed by atoms with Gasteiger partial charge >= 0.3 is 0 Å². The van der Waals surface area contributed by atoms with Crippen LogP contribution in [0, 0.1) is 5.92 Å². The van der Waals surface area contributed by atoms with Gasteiger partial charge in [-0.05, 0) is 30.9 Å². The number of rotatable bonds is 3. The summed E-state index contributed by atoms with van der Waals surface area (Å²) in [5.41, 5.74) is 1.05. The summed E-state index contributed by atoms with van der Waals surface area (Å²) in [6.07, 6.45) is 7.38. The van der Waals surface area contributed by atoms with E-state index in [2.05, 4.69) is 0 Å². The predicted octanol–water partition coefficient (Wildman–Crippen LogP) is 1.04. The summed E-state index contributed by atoms with van der Waals surface area (Å²) in [4.78, 5) is 28.3. The van der Waals surface area contributed by atoms with E-state index in [0.29, 0.717) is 25.4 Å². The van der Waals surface area contributed by atoms with Crippen molar-refractivity contribution < 1.29 is 9.59 Å². The SMILES string of the molecule is Cn1ccc(CC(=O)N2CCCN(C(=O)C3CC3)CC2)c1. The number of aromatic nitrogens is 1. The fraction of sp³-hybridized carbons (Fsp3) is 0.625. The summed E-state index contributed by atoms with van der Waals surface area (Å²) in [7, 11) is 1.96. The number of carbonyl (C=O) groups excluding carboxylic acids is 2. The number of hydrogen-bond acceptors (Lipinski definition) is 2. The minimum absolute atomic E-state index is 0.168. The van der Waals surface area contributed by atoms with Crippen LogP contribution in [0.2, 0.25) is 0 Å². The quantitative estimate of drug-likeness (QED) is 0.834. The molecule has 1 aliphatic carbocycles. The van der Waals surface area contributed by atoms with Crippen molar-refractivity contribution in [1.82, 2.24) is 14.4 Å². The molecule has 0 spiro atoms. The lowest BCUT2D eigenvalue weighted by molar-refractivity contribution is -0.134. The summed E-state index contributed by atoms with van der Waals surface area (Å²) in [5.74, 6) is 0.742. The van der Waals surface area contributed by atoms with Gasteiger partial charge in [0, 0.05) is 51.5 Å². The van der Waals surface area contributed by atoms with Crippen LogP contribution in [0.4, 0.5) is 0 Å². The third kappa shape index (κ3) is 3.46. The molecule has 21 heavy (non-hydrogen) atoms. The van der Waals surface area contributed by atoms with Crippen LogP contribution >= 0.6 is 0 Å². The fourth-order valence-electron chi connectivity index (χ4n) is 2.93. The Kier molecular flexibility index (Phi) is 3.99. The second-order valence-corrected chi connectivity index (χ2v) is 6.20. The Hall–Kier alpha value is -1.78. The van der Waals surface area contributed by atoms with E-state index in [1.165, 1.54) is 0 Å². The molecule has 1 saturated carbocycles. The van der Waals surface area contributed by atoms with E-state index >= 15 is 0 Å². The van der Waals surface area contributed by atoms with Gasteiger partial charge in [0.15, 0.2) is 0 Å². The predicted molar refractivity (Wildman–Crippen MR) is 79.6 cm³/mol. The first-order valence-corrected chi connectivity index (χ1v) is 7.81. The maximum absolute atomic E-state index is 12.4. The third-order valence-electron chi connectivity index (χ3n) is 4.34. The van der Waals surface area contributed by atoms with Gasteiger partial charge < -0.3 is 14.4 Å². The molecule has 0 aromatic carbocycles. The fourth-order valence-corrected chi connectivity index (χ4v) is 2.93. The first-order valence-electron chi connectivity index (χ1n) is 7.81. The van der Waals surface area contributed by atoms with Crippen LogP contribution in [0.15, 0.2) is 18.5 Å². The normalized spacial score (nSPS) is 19.5. The molecule has 2 heterocycles. The van der Waals surface area contributed by atoms with Crippen molar-refractivity contribution >= 4 is 11.8 Å². The lowest BCUT2D eigenvalue weighted by Gasteiger charge is -2.22. The van der Waals surface area contributed by atoms with Crippen LogP contribution in [-0.2, 0) is 23.1 Å². The maximum atomic E-state index is 12.4. The van der Waals surface area contributed by atoms with Gasteiger partial charge in [0.05, 0.1) is 6.42 Å². The summed E-state index contributed by atoms with van der Waals surface area (Å²) in [6.45, 7) is 2.92. The number of nitrogens with zero attached hydrogens (tertiary/aromatic N) is 3. The van der Waals surface area contributed by atoms with Crippen LogP contribution < -0.4 is 0 Å². The number of carbonyl (C=O) groups is 2. The Morgan fingerprint density at radius 3 is 2.52 bits per heavy atom. The van der Waals surface area contributed by atoms with Gasteiger partial charge in [-0.25, -0.2) is 0 Å². The lowest BCUT2D eigenvalue weighted by Crippen LogP contribution is -2.38. The van der Waals surface area contributed by atoms with Gasteiger partial charge in [-0.15, -0.1) is 0 Å². The molecule has 1 aromatic rings. The highest BCUT2D eigenvalue weighted by molar-refractivity contribution is 5.81. The van der Waals surface area contributed by atoms with Crippen molar-refractivity contribution in [3.8, 4) is 0 Å². The molecule has 0 N–H and O–H groups in total. The van der Waals surface area contributed by atoms with E-state index in [1.54, 1.807) is 0 Å². The van der Waals surface area contributed by atoms with Gasteiger partial charge in [-0.1, -0.05) is 0 Å². The van der Waals surface area contributed by atoms with Gasteiger partial charge in [-0.3, -0.25) is 9.59 Å². The second-order valence-electron chi connectivity index (χ2n) is 6.20.